The summed E-state index contributed by atoms with van der Waals surface area (Å²) in [6.07, 6.45) is 4.25. The van der Waals surface area contributed by atoms with Crippen LogP contribution in [0.2, 0.25) is 0 Å². The van der Waals surface area contributed by atoms with Gasteiger partial charge in [0, 0.05) is 23.9 Å². The Kier molecular flexibility index (Phi) is 8.08. The fourth-order valence-electron chi connectivity index (χ4n) is 2.81. The molecule has 5 nitrogen and oxygen atoms in total. The number of thiocarbonyl (C=S) groups is 1. The zero-order valence-corrected chi connectivity index (χ0v) is 17.7. The maximum absolute atomic E-state index is 12.1. The second-order valence-corrected chi connectivity index (χ2v) is 7.21. The van der Waals surface area contributed by atoms with E-state index in [4.69, 9.17) is 12.2 Å². The first-order valence-electron chi connectivity index (χ1n) is 9.87. The molecule has 0 atom stereocenters. The number of hydrogen-bond donors (Lipinski definition) is 3. The number of carbonyl (C=O) groups excluding carboxylic acids is 2. The Bertz CT molecular complexity index is 1050. The number of hydrogen-bond acceptors (Lipinski definition) is 3. The van der Waals surface area contributed by atoms with Gasteiger partial charge in [-0.2, -0.15) is 0 Å². The van der Waals surface area contributed by atoms with Crippen molar-refractivity contribution < 1.29 is 9.59 Å². The quantitative estimate of drug-likeness (QED) is 0.373. The highest BCUT2D eigenvalue weighted by atomic mass is 32.1. The van der Waals surface area contributed by atoms with E-state index in [2.05, 4.69) is 16.0 Å². The largest absolute Gasteiger partial charge is 0.332 e. The van der Waals surface area contributed by atoms with Crippen LogP contribution in [0.25, 0.3) is 6.08 Å². The second-order valence-electron chi connectivity index (χ2n) is 6.80. The summed E-state index contributed by atoms with van der Waals surface area (Å²) in [4.78, 5) is 24.1. The molecule has 0 radical (unpaired) electrons. The first-order valence-corrected chi connectivity index (χ1v) is 10.3. The summed E-state index contributed by atoms with van der Waals surface area (Å²) in [5, 5.41) is 8.63. The zero-order chi connectivity index (χ0) is 21.9. The van der Waals surface area contributed by atoms with Gasteiger partial charge >= 0.3 is 0 Å². The fourth-order valence-corrected chi connectivity index (χ4v) is 3.03. The predicted molar refractivity (Wildman–Crippen MR) is 130 cm³/mol. The third kappa shape index (κ3) is 7.87. The van der Waals surface area contributed by atoms with E-state index in [0.717, 1.165) is 11.1 Å². The van der Waals surface area contributed by atoms with E-state index in [-0.39, 0.29) is 16.9 Å². The monoisotopic (exact) mass is 429 g/mol. The van der Waals surface area contributed by atoms with Gasteiger partial charge in [-0.1, -0.05) is 60.7 Å². The summed E-state index contributed by atoms with van der Waals surface area (Å²) in [5.41, 5.74) is 3.47. The van der Waals surface area contributed by atoms with Crippen LogP contribution in [-0.2, 0) is 16.0 Å². The van der Waals surface area contributed by atoms with E-state index in [1.165, 1.54) is 6.08 Å². The molecule has 3 aromatic carbocycles. The van der Waals surface area contributed by atoms with E-state index in [1.54, 1.807) is 30.3 Å². The minimum absolute atomic E-state index is 0.0439. The molecule has 0 saturated heterocycles. The summed E-state index contributed by atoms with van der Waals surface area (Å²) in [5.74, 6) is -0.360. The molecule has 3 N–H and O–H groups in total. The molecule has 6 heteroatoms. The molecule has 0 aliphatic carbocycles. The number of aryl methyl sites for hydroxylation is 1. The maximum atomic E-state index is 12.1. The van der Waals surface area contributed by atoms with Gasteiger partial charge in [0.15, 0.2) is 5.11 Å². The predicted octanol–water partition coefficient (Wildman–Crippen LogP) is 4.78. The van der Waals surface area contributed by atoms with Gasteiger partial charge in [-0.15, -0.1) is 0 Å². The topological polar surface area (TPSA) is 70.2 Å². The smallest absolute Gasteiger partial charge is 0.250 e. The van der Waals surface area contributed by atoms with Crippen molar-refractivity contribution in [3.8, 4) is 0 Å². The molecule has 0 aliphatic rings. The molecule has 0 heterocycles. The minimum atomic E-state index is -0.316. The lowest BCUT2D eigenvalue weighted by molar-refractivity contribution is -0.116. The standard InChI is InChI=1S/C25H23N3O2S/c29-23(17-11-19-7-3-1-4-8-19)26-21-13-15-22(16-14-21)27-25(31)28-24(30)18-12-20-9-5-2-6-10-20/h1-10,12-16,18H,11,17H2,(H,26,29)(H2,27,28,30,31)/b18-12+. The molecule has 0 aliphatic heterocycles. The highest BCUT2D eigenvalue weighted by Crippen LogP contribution is 2.14. The van der Waals surface area contributed by atoms with Gasteiger partial charge in [0.1, 0.15) is 0 Å². The van der Waals surface area contributed by atoms with Crippen molar-refractivity contribution in [3.05, 3.63) is 102 Å². The molecule has 31 heavy (non-hydrogen) atoms. The molecule has 3 aromatic rings. The molecular weight excluding hydrogens is 406 g/mol. The number of carbonyl (C=O) groups is 2. The summed E-state index contributed by atoms with van der Waals surface area (Å²) >= 11 is 5.18. The molecule has 156 valence electrons. The molecular formula is C25H23N3O2S. The van der Waals surface area contributed by atoms with Crippen molar-refractivity contribution in [2.45, 2.75) is 12.8 Å². The maximum Gasteiger partial charge on any atom is 0.250 e. The van der Waals surface area contributed by atoms with Gasteiger partial charge in [-0.05, 0) is 60.1 Å². The lowest BCUT2D eigenvalue weighted by atomic mass is 10.1. The van der Waals surface area contributed by atoms with Crippen LogP contribution in [0.3, 0.4) is 0 Å². The molecule has 0 aromatic heterocycles. The van der Waals surface area contributed by atoms with E-state index < -0.39 is 0 Å². The number of amides is 2. The molecule has 0 unspecified atom stereocenters. The molecule has 0 saturated carbocycles. The zero-order valence-electron chi connectivity index (χ0n) is 16.9. The minimum Gasteiger partial charge on any atom is -0.332 e. The van der Waals surface area contributed by atoms with Crippen LogP contribution in [0.4, 0.5) is 11.4 Å². The fraction of sp³-hybridized carbons (Fsp3) is 0.0800. The molecule has 0 bridgehead atoms. The van der Waals surface area contributed by atoms with E-state index in [0.29, 0.717) is 24.2 Å². The third-order valence-corrected chi connectivity index (χ3v) is 4.58. The lowest BCUT2D eigenvalue weighted by Gasteiger charge is -2.10. The lowest BCUT2D eigenvalue weighted by Crippen LogP contribution is -2.32. The van der Waals surface area contributed by atoms with Gasteiger partial charge in [0.25, 0.3) is 0 Å². The van der Waals surface area contributed by atoms with Gasteiger partial charge in [-0.25, -0.2) is 0 Å². The van der Waals surface area contributed by atoms with E-state index in [9.17, 15) is 9.59 Å². The Hall–Kier alpha value is -3.77. The summed E-state index contributed by atoms with van der Waals surface area (Å²) in [7, 11) is 0. The average molecular weight is 430 g/mol. The van der Waals surface area contributed by atoms with Crippen LogP contribution in [0, 0.1) is 0 Å². The first kappa shape index (κ1) is 21.9. The van der Waals surface area contributed by atoms with Gasteiger partial charge in [0.05, 0.1) is 0 Å². The van der Waals surface area contributed by atoms with Crippen LogP contribution in [0.15, 0.2) is 91.0 Å². The SMILES string of the molecule is O=C(/C=C/c1ccccc1)NC(=S)Nc1ccc(NC(=O)CCc2ccccc2)cc1. The summed E-state index contributed by atoms with van der Waals surface area (Å²) in [6, 6.07) is 26.6. The number of anilines is 2. The first-order chi connectivity index (χ1) is 15.1. The van der Waals surface area contributed by atoms with Crippen molar-refractivity contribution in [3.63, 3.8) is 0 Å². The van der Waals surface area contributed by atoms with Crippen LogP contribution in [-0.4, -0.2) is 16.9 Å². The highest BCUT2D eigenvalue weighted by molar-refractivity contribution is 7.80. The van der Waals surface area contributed by atoms with Gasteiger partial charge < -0.3 is 10.6 Å². The van der Waals surface area contributed by atoms with Crippen LogP contribution < -0.4 is 16.0 Å². The number of benzene rings is 3. The van der Waals surface area contributed by atoms with Crippen molar-refractivity contribution in [2.24, 2.45) is 0 Å². The summed E-state index contributed by atoms with van der Waals surface area (Å²) in [6.45, 7) is 0. The molecule has 0 fully saturated rings. The van der Waals surface area contributed by atoms with Crippen molar-refractivity contribution in [2.75, 3.05) is 10.6 Å². The van der Waals surface area contributed by atoms with Crippen molar-refractivity contribution >= 4 is 46.6 Å². The van der Waals surface area contributed by atoms with E-state index in [1.807, 2.05) is 60.7 Å². The van der Waals surface area contributed by atoms with Gasteiger partial charge in [-0.3, -0.25) is 14.9 Å². The molecule has 3 rings (SSSR count). The Labute approximate surface area is 187 Å². The van der Waals surface area contributed by atoms with Crippen LogP contribution >= 0.6 is 12.2 Å². The highest BCUT2D eigenvalue weighted by Gasteiger charge is 2.05. The Morgan fingerprint density at radius 2 is 1.35 bits per heavy atom. The number of nitrogens with one attached hydrogen (secondary N) is 3. The Morgan fingerprint density at radius 1 is 0.774 bits per heavy atom. The third-order valence-electron chi connectivity index (χ3n) is 4.37. The summed E-state index contributed by atoms with van der Waals surface area (Å²) < 4.78 is 0. The second kappa shape index (κ2) is 11.4. The molecule has 0 spiro atoms. The molecule has 2 amide bonds. The van der Waals surface area contributed by atoms with Crippen LogP contribution in [0.1, 0.15) is 17.5 Å². The van der Waals surface area contributed by atoms with Crippen molar-refractivity contribution in [1.82, 2.24) is 5.32 Å². The Balaban J connectivity index is 1.43. The Morgan fingerprint density at radius 3 is 2.00 bits per heavy atom. The average Bonchev–Trinajstić information content (AvgIpc) is 2.79. The van der Waals surface area contributed by atoms with E-state index >= 15 is 0 Å². The normalized spacial score (nSPS) is 10.5. The van der Waals surface area contributed by atoms with Gasteiger partial charge in [0.2, 0.25) is 11.8 Å². The van der Waals surface area contributed by atoms with Crippen LogP contribution in [0.5, 0.6) is 0 Å². The van der Waals surface area contributed by atoms with Crippen molar-refractivity contribution in [1.29, 1.82) is 0 Å². The number of rotatable bonds is 7.